The minimum absolute atomic E-state index is 0.0949. The summed E-state index contributed by atoms with van der Waals surface area (Å²) in [6, 6.07) is 8.95. The molecule has 0 unspecified atom stereocenters. The van der Waals surface area contributed by atoms with E-state index in [1.165, 1.54) is 16.9 Å². The van der Waals surface area contributed by atoms with Crippen LogP contribution in [0.2, 0.25) is 0 Å². The van der Waals surface area contributed by atoms with Gasteiger partial charge in [0.25, 0.3) is 18.1 Å². The van der Waals surface area contributed by atoms with Gasteiger partial charge in [0.2, 0.25) is 0 Å². The van der Waals surface area contributed by atoms with Crippen molar-refractivity contribution in [2.45, 2.75) is 25.7 Å². The number of methoxy groups -OCH3 is 1. The van der Waals surface area contributed by atoms with Gasteiger partial charge in [-0.05, 0) is 42.7 Å². The van der Waals surface area contributed by atoms with Gasteiger partial charge in [-0.2, -0.15) is 10.1 Å². The number of amides is 1. The van der Waals surface area contributed by atoms with Crippen LogP contribution < -0.4 is 4.74 Å². The van der Waals surface area contributed by atoms with Gasteiger partial charge in [0.1, 0.15) is 23.5 Å². The van der Waals surface area contributed by atoms with Gasteiger partial charge in [-0.1, -0.05) is 6.92 Å². The van der Waals surface area contributed by atoms with Gasteiger partial charge in [-0.3, -0.25) is 4.79 Å². The molecule has 10 heteroatoms. The van der Waals surface area contributed by atoms with Crippen LogP contribution in [0.25, 0.3) is 16.7 Å². The molecule has 1 aromatic carbocycles. The lowest BCUT2D eigenvalue weighted by Gasteiger charge is -2.37. The summed E-state index contributed by atoms with van der Waals surface area (Å²) >= 11 is 0. The molecule has 4 heterocycles. The highest BCUT2D eigenvalue weighted by Crippen LogP contribution is 2.34. The smallest absolute Gasteiger partial charge is 0.280 e. The van der Waals surface area contributed by atoms with E-state index in [2.05, 4.69) is 22.0 Å². The monoisotopic (exact) mass is 454 g/mol. The van der Waals surface area contributed by atoms with Gasteiger partial charge in [-0.25, -0.2) is 18.3 Å². The van der Waals surface area contributed by atoms with E-state index in [0.717, 1.165) is 23.1 Å². The van der Waals surface area contributed by atoms with Gasteiger partial charge in [0, 0.05) is 37.0 Å². The molecule has 1 saturated heterocycles. The molecule has 2 atom stereocenters. The van der Waals surface area contributed by atoms with Crippen LogP contribution in [-0.4, -0.2) is 55.2 Å². The lowest BCUT2D eigenvalue weighted by atomic mass is 9.84. The zero-order valence-electron chi connectivity index (χ0n) is 18.6. The van der Waals surface area contributed by atoms with E-state index >= 15 is 0 Å². The Labute approximate surface area is 188 Å². The molecule has 4 aromatic rings. The maximum absolute atomic E-state index is 13.5. The Balaban J connectivity index is 1.49. The number of carbonyl (C=O) groups excluding carboxylic acids is 1. The Morgan fingerprint density at radius 1 is 1.24 bits per heavy atom. The molecular weight excluding hydrogens is 430 g/mol. The molecule has 3 aromatic heterocycles. The highest BCUT2D eigenvalue weighted by molar-refractivity contribution is 5.99. The van der Waals surface area contributed by atoms with Crippen molar-refractivity contribution in [3.05, 3.63) is 53.7 Å². The average molecular weight is 454 g/mol. The number of rotatable bonds is 4. The number of likely N-dealkylation sites (tertiary alicyclic amines) is 1. The highest BCUT2D eigenvalue weighted by atomic mass is 19.3. The van der Waals surface area contributed by atoms with Gasteiger partial charge in [-0.15, -0.1) is 0 Å². The molecular formula is C23H24F2N6O2. The van der Waals surface area contributed by atoms with Crippen LogP contribution in [0, 0.1) is 5.92 Å². The van der Waals surface area contributed by atoms with Crippen molar-refractivity contribution in [3.63, 3.8) is 0 Å². The topological polar surface area (TPSA) is 77.6 Å². The molecule has 1 aliphatic heterocycles. The number of hydrogen-bond acceptors (Lipinski definition) is 5. The lowest BCUT2D eigenvalue weighted by Crippen LogP contribution is -2.43. The lowest BCUT2D eigenvalue weighted by molar-refractivity contribution is 0.0656. The Kier molecular flexibility index (Phi) is 5.22. The zero-order valence-corrected chi connectivity index (χ0v) is 18.6. The van der Waals surface area contributed by atoms with E-state index in [4.69, 9.17) is 4.74 Å². The standard InChI is InChI=1S/C23H24F2N6O2/c1-13-6-7-30(22(32)20-9-14-8-15(33-3)4-5-18(14)29(20)2)11-16(13)19-10-17(21(24)25)28-23-26-12-27-31(19)23/h4-5,8-10,12-13,16,21H,6-7,11H2,1-3H3/t13-,16-/m1/s1. The highest BCUT2D eigenvalue weighted by Gasteiger charge is 2.34. The Bertz CT molecular complexity index is 1350. The van der Waals surface area contributed by atoms with E-state index in [1.807, 2.05) is 35.9 Å². The number of alkyl halides is 2. The number of fused-ring (bicyclic) bond motifs is 2. The Morgan fingerprint density at radius 2 is 2.06 bits per heavy atom. The van der Waals surface area contributed by atoms with Crippen molar-refractivity contribution in [3.8, 4) is 5.75 Å². The van der Waals surface area contributed by atoms with Gasteiger partial charge in [0.05, 0.1) is 12.8 Å². The molecule has 1 aliphatic rings. The quantitative estimate of drug-likeness (QED) is 0.468. The number of benzene rings is 1. The van der Waals surface area contributed by atoms with Crippen LogP contribution >= 0.6 is 0 Å². The molecule has 0 N–H and O–H groups in total. The van der Waals surface area contributed by atoms with Crippen LogP contribution in [-0.2, 0) is 7.05 Å². The molecule has 1 fully saturated rings. The van der Waals surface area contributed by atoms with Crippen LogP contribution in [0.5, 0.6) is 5.75 Å². The summed E-state index contributed by atoms with van der Waals surface area (Å²) in [4.78, 5) is 23.2. The number of piperidine rings is 1. The van der Waals surface area contributed by atoms with Crippen molar-refractivity contribution in [1.82, 2.24) is 29.0 Å². The van der Waals surface area contributed by atoms with Gasteiger partial charge < -0.3 is 14.2 Å². The first-order chi connectivity index (χ1) is 15.9. The second-order valence-electron chi connectivity index (χ2n) is 8.52. The predicted octanol–water partition coefficient (Wildman–Crippen LogP) is 3.83. The Hall–Kier alpha value is -3.56. The van der Waals surface area contributed by atoms with Gasteiger partial charge >= 0.3 is 0 Å². The molecule has 8 nitrogen and oxygen atoms in total. The minimum Gasteiger partial charge on any atom is -0.497 e. The van der Waals surface area contributed by atoms with Crippen molar-refractivity contribution >= 4 is 22.6 Å². The second-order valence-corrected chi connectivity index (χ2v) is 8.52. The molecule has 0 aliphatic carbocycles. The number of ether oxygens (including phenoxy) is 1. The van der Waals surface area contributed by atoms with Gasteiger partial charge in [0.15, 0.2) is 0 Å². The third-order valence-electron chi connectivity index (χ3n) is 6.62. The van der Waals surface area contributed by atoms with E-state index in [9.17, 15) is 13.6 Å². The Morgan fingerprint density at radius 3 is 2.82 bits per heavy atom. The average Bonchev–Trinajstić information content (AvgIpc) is 3.42. The zero-order chi connectivity index (χ0) is 23.3. The number of carbonyl (C=O) groups is 1. The summed E-state index contributed by atoms with van der Waals surface area (Å²) in [5.74, 6) is 0.764. The van der Waals surface area contributed by atoms with Crippen molar-refractivity contribution in [2.75, 3.05) is 20.2 Å². The predicted molar refractivity (Wildman–Crippen MR) is 118 cm³/mol. The first-order valence-electron chi connectivity index (χ1n) is 10.8. The summed E-state index contributed by atoms with van der Waals surface area (Å²) in [6.45, 7) is 3.06. The molecule has 172 valence electrons. The molecule has 5 rings (SSSR count). The number of hydrogen-bond donors (Lipinski definition) is 0. The van der Waals surface area contributed by atoms with Crippen LogP contribution in [0.3, 0.4) is 0 Å². The largest absolute Gasteiger partial charge is 0.497 e. The van der Waals surface area contributed by atoms with Crippen molar-refractivity contribution in [2.24, 2.45) is 13.0 Å². The summed E-state index contributed by atoms with van der Waals surface area (Å²) in [7, 11) is 3.47. The van der Waals surface area contributed by atoms with Crippen LogP contribution in [0.4, 0.5) is 8.78 Å². The third kappa shape index (κ3) is 3.59. The molecule has 0 bridgehead atoms. The van der Waals surface area contributed by atoms with E-state index in [-0.39, 0.29) is 29.2 Å². The minimum atomic E-state index is -2.71. The molecule has 0 spiro atoms. The molecule has 0 radical (unpaired) electrons. The van der Waals surface area contributed by atoms with E-state index < -0.39 is 6.43 Å². The molecule has 33 heavy (non-hydrogen) atoms. The fourth-order valence-electron chi connectivity index (χ4n) is 4.69. The maximum Gasteiger partial charge on any atom is 0.280 e. The third-order valence-corrected chi connectivity index (χ3v) is 6.62. The normalized spacial score (nSPS) is 19.0. The number of aryl methyl sites for hydroxylation is 1. The first kappa shape index (κ1) is 21.3. The molecule has 0 saturated carbocycles. The molecule has 1 amide bonds. The summed E-state index contributed by atoms with van der Waals surface area (Å²) in [6.07, 6.45) is -0.660. The maximum atomic E-state index is 13.5. The van der Waals surface area contributed by atoms with Crippen LogP contribution in [0.15, 0.2) is 36.7 Å². The van der Waals surface area contributed by atoms with Crippen molar-refractivity contribution < 1.29 is 18.3 Å². The fourth-order valence-corrected chi connectivity index (χ4v) is 4.69. The number of aromatic nitrogens is 5. The SMILES string of the molecule is COc1ccc2c(c1)cc(C(=O)N1CC[C@@H](C)[C@H](c3cc(C(F)F)nc4ncnn34)C1)n2C. The summed E-state index contributed by atoms with van der Waals surface area (Å²) in [5.41, 5.74) is 1.77. The van der Waals surface area contributed by atoms with E-state index in [0.29, 0.717) is 24.5 Å². The number of halogens is 2. The first-order valence-corrected chi connectivity index (χ1v) is 10.8. The summed E-state index contributed by atoms with van der Waals surface area (Å²) in [5, 5.41) is 5.11. The fraction of sp³-hybridized carbons (Fsp3) is 0.391. The summed E-state index contributed by atoms with van der Waals surface area (Å²) < 4.78 is 35.6. The van der Waals surface area contributed by atoms with E-state index in [1.54, 1.807) is 12.0 Å². The van der Waals surface area contributed by atoms with Crippen LogP contribution in [0.1, 0.15) is 47.6 Å². The number of nitrogens with zero attached hydrogens (tertiary/aromatic N) is 6. The van der Waals surface area contributed by atoms with Crippen molar-refractivity contribution in [1.29, 1.82) is 0 Å². The second kappa shape index (κ2) is 8.09.